The molecule has 1 saturated carbocycles. The fourth-order valence-corrected chi connectivity index (χ4v) is 4.28. The highest BCUT2D eigenvalue weighted by Gasteiger charge is 2.53. The number of aliphatic hydroxyl groups excluding tert-OH is 5. The molecule has 0 aromatic carbocycles. The van der Waals surface area contributed by atoms with Gasteiger partial charge in [-0.1, -0.05) is 6.92 Å². The highest BCUT2D eigenvalue weighted by molar-refractivity contribution is 5.73. The quantitative estimate of drug-likeness (QED) is 0.346. The highest BCUT2D eigenvalue weighted by atomic mass is 16.7. The van der Waals surface area contributed by atoms with Crippen LogP contribution in [0.3, 0.4) is 0 Å². The Hall–Kier alpha value is -0.810. The third-order valence-electron chi connectivity index (χ3n) is 5.88. The van der Waals surface area contributed by atoms with E-state index in [1.807, 2.05) is 0 Å². The van der Waals surface area contributed by atoms with E-state index >= 15 is 0 Å². The summed E-state index contributed by atoms with van der Waals surface area (Å²) >= 11 is 0. The number of cyclic esters (lactones) is 1. The summed E-state index contributed by atoms with van der Waals surface area (Å²) in [5.74, 6) is -0.934. The van der Waals surface area contributed by atoms with Crippen LogP contribution in [0, 0.1) is 23.7 Å². The molecular weight excluding hydrogens is 336 g/mol. The van der Waals surface area contributed by atoms with Crippen molar-refractivity contribution < 1.29 is 44.5 Å². The molecule has 10 atom stereocenters. The van der Waals surface area contributed by atoms with E-state index in [9.17, 15) is 30.3 Å². The number of ether oxygens (including phenoxy) is 3. The fraction of sp³-hybridized carbons (Fsp3) is 0.938. The van der Waals surface area contributed by atoms with Crippen molar-refractivity contribution in [3.63, 3.8) is 0 Å². The van der Waals surface area contributed by atoms with Gasteiger partial charge in [0.25, 0.3) is 0 Å². The maximum absolute atomic E-state index is 11.8. The molecule has 10 unspecified atom stereocenters. The van der Waals surface area contributed by atoms with E-state index in [0.717, 1.165) is 0 Å². The van der Waals surface area contributed by atoms with E-state index in [1.54, 1.807) is 6.92 Å². The van der Waals surface area contributed by atoms with Gasteiger partial charge in [-0.15, -0.1) is 0 Å². The first kappa shape index (κ1) is 19.0. The maximum atomic E-state index is 11.8. The van der Waals surface area contributed by atoms with Crippen LogP contribution in [0.2, 0.25) is 0 Å². The number of rotatable bonds is 4. The molecule has 25 heavy (non-hydrogen) atoms. The van der Waals surface area contributed by atoms with Crippen LogP contribution < -0.4 is 0 Å². The van der Waals surface area contributed by atoms with Gasteiger partial charge in [0.15, 0.2) is 6.29 Å². The van der Waals surface area contributed by atoms with Gasteiger partial charge in [-0.05, 0) is 12.3 Å². The van der Waals surface area contributed by atoms with Crippen molar-refractivity contribution >= 4 is 5.97 Å². The zero-order chi connectivity index (χ0) is 18.3. The summed E-state index contributed by atoms with van der Waals surface area (Å²) in [6.07, 6.45) is -6.78. The largest absolute Gasteiger partial charge is 0.465 e. The van der Waals surface area contributed by atoms with E-state index in [1.165, 1.54) is 0 Å². The number of fused-ring (bicyclic) bond motifs is 1. The Morgan fingerprint density at radius 1 is 1.08 bits per heavy atom. The predicted molar refractivity (Wildman–Crippen MR) is 80.9 cm³/mol. The van der Waals surface area contributed by atoms with Crippen LogP contribution >= 0.6 is 0 Å². The molecule has 2 saturated heterocycles. The van der Waals surface area contributed by atoms with Gasteiger partial charge in [-0.2, -0.15) is 0 Å². The van der Waals surface area contributed by atoms with E-state index in [4.69, 9.17) is 14.2 Å². The minimum absolute atomic E-state index is 0.00622. The molecular formula is C16H26O9. The minimum Gasteiger partial charge on any atom is -0.465 e. The number of esters is 1. The molecule has 3 fully saturated rings. The van der Waals surface area contributed by atoms with Crippen molar-refractivity contribution in [3.05, 3.63) is 0 Å². The lowest BCUT2D eigenvalue weighted by Gasteiger charge is -2.41. The second-order valence-electron chi connectivity index (χ2n) is 7.20. The average molecular weight is 362 g/mol. The summed E-state index contributed by atoms with van der Waals surface area (Å²) in [6.45, 7) is 1.29. The van der Waals surface area contributed by atoms with E-state index in [-0.39, 0.29) is 42.9 Å². The monoisotopic (exact) mass is 362 g/mol. The number of carbonyl (C=O) groups is 1. The molecule has 9 nitrogen and oxygen atoms in total. The molecule has 1 aliphatic carbocycles. The van der Waals surface area contributed by atoms with E-state index in [0.29, 0.717) is 6.42 Å². The minimum atomic E-state index is -1.52. The second kappa shape index (κ2) is 7.43. The lowest BCUT2D eigenvalue weighted by molar-refractivity contribution is -0.314. The molecule has 9 heteroatoms. The van der Waals surface area contributed by atoms with Crippen LogP contribution in [0.1, 0.15) is 13.3 Å². The summed E-state index contributed by atoms with van der Waals surface area (Å²) in [7, 11) is 0. The molecule has 0 radical (unpaired) electrons. The van der Waals surface area contributed by atoms with Crippen LogP contribution in [0.5, 0.6) is 0 Å². The Kier molecular flexibility index (Phi) is 5.64. The summed E-state index contributed by atoms with van der Waals surface area (Å²) in [6, 6.07) is 0. The van der Waals surface area contributed by atoms with Crippen molar-refractivity contribution in [1.82, 2.24) is 0 Å². The van der Waals surface area contributed by atoms with Crippen molar-refractivity contribution in [2.24, 2.45) is 23.7 Å². The lowest BCUT2D eigenvalue weighted by atomic mass is 9.80. The van der Waals surface area contributed by atoms with Gasteiger partial charge in [0, 0.05) is 18.4 Å². The first-order valence-corrected chi connectivity index (χ1v) is 8.62. The molecule has 5 N–H and O–H groups in total. The highest BCUT2D eigenvalue weighted by Crippen LogP contribution is 2.46. The Labute approximate surface area is 145 Å². The molecule has 0 aromatic rings. The van der Waals surface area contributed by atoms with Crippen LogP contribution in [0.25, 0.3) is 0 Å². The molecule has 2 heterocycles. The van der Waals surface area contributed by atoms with Crippen LogP contribution in [0.4, 0.5) is 0 Å². The van der Waals surface area contributed by atoms with Crippen molar-refractivity contribution in [2.75, 3.05) is 19.8 Å². The number of aliphatic hydroxyl groups is 5. The van der Waals surface area contributed by atoms with Gasteiger partial charge in [0.1, 0.15) is 24.4 Å². The van der Waals surface area contributed by atoms with Gasteiger partial charge in [0.2, 0.25) is 0 Å². The first-order chi connectivity index (χ1) is 11.9. The number of hydrogen-bond donors (Lipinski definition) is 5. The average Bonchev–Trinajstić information content (AvgIpc) is 2.96. The van der Waals surface area contributed by atoms with Crippen LogP contribution in [0.15, 0.2) is 0 Å². The number of carbonyl (C=O) groups excluding carboxylic acids is 1. The first-order valence-electron chi connectivity index (χ1n) is 8.62. The van der Waals surface area contributed by atoms with Crippen LogP contribution in [-0.4, -0.2) is 88.1 Å². The molecule has 144 valence electrons. The van der Waals surface area contributed by atoms with E-state index in [2.05, 4.69) is 0 Å². The second-order valence-corrected chi connectivity index (χ2v) is 7.20. The third-order valence-corrected chi connectivity index (χ3v) is 5.88. The third kappa shape index (κ3) is 3.30. The fourth-order valence-electron chi connectivity index (χ4n) is 4.28. The topological polar surface area (TPSA) is 146 Å². The standard InChI is InChI=1S/C16H26O9/c1-6-7-2-10(8(3-17)9(7)5-23-15(6)22)24-16-14(21)13(20)12(19)11(4-18)25-16/h6-14,16-21H,2-5H2,1H3. The zero-order valence-electron chi connectivity index (χ0n) is 14.0. The molecule has 0 amide bonds. The predicted octanol–water partition coefficient (Wildman–Crippen LogP) is -2.39. The Morgan fingerprint density at radius 3 is 2.44 bits per heavy atom. The van der Waals surface area contributed by atoms with Gasteiger partial charge in [0.05, 0.1) is 25.2 Å². The number of hydrogen-bond acceptors (Lipinski definition) is 9. The Morgan fingerprint density at radius 2 is 1.80 bits per heavy atom. The van der Waals surface area contributed by atoms with Crippen molar-refractivity contribution in [2.45, 2.75) is 50.2 Å². The van der Waals surface area contributed by atoms with E-state index < -0.39 is 43.4 Å². The van der Waals surface area contributed by atoms with Gasteiger partial charge >= 0.3 is 5.97 Å². The summed E-state index contributed by atoms with van der Waals surface area (Å²) in [5.41, 5.74) is 0. The van der Waals surface area contributed by atoms with Gasteiger partial charge < -0.3 is 39.7 Å². The Bertz CT molecular complexity index is 484. The van der Waals surface area contributed by atoms with Crippen molar-refractivity contribution in [1.29, 1.82) is 0 Å². The normalized spacial score (nSPS) is 50.4. The maximum Gasteiger partial charge on any atom is 0.308 e. The molecule has 0 bridgehead atoms. The van der Waals surface area contributed by atoms with Crippen molar-refractivity contribution in [3.8, 4) is 0 Å². The molecule has 0 spiro atoms. The smallest absolute Gasteiger partial charge is 0.308 e. The van der Waals surface area contributed by atoms with Crippen LogP contribution in [-0.2, 0) is 19.0 Å². The molecule has 0 aromatic heterocycles. The summed E-state index contributed by atoms with van der Waals surface area (Å²) < 4.78 is 16.4. The lowest BCUT2D eigenvalue weighted by Crippen LogP contribution is -2.59. The molecule has 2 aliphatic heterocycles. The Balaban J connectivity index is 1.72. The molecule has 3 rings (SSSR count). The molecule has 3 aliphatic rings. The van der Waals surface area contributed by atoms with Gasteiger partial charge in [-0.25, -0.2) is 0 Å². The zero-order valence-corrected chi connectivity index (χ0v) is 14.0. The summed E-state index contributed by atoms with van der Waals surface area (Å²) in [4.78, 5) is 11.8. The van der Waals surface area contributed by atoms with Gasteiger partial charge in [-0.3, -0.25) is 4.79 Å². The summed E-state index contributed by atoms with van der Waals surface area (Å²) in [5, 5.41) is 48.8. The SMILES string of the molecule is CC1C(=O)OCC2C(CO)C(OC3OC(CO)C(O)C(O)C3O)CC12.